The maximum atomic E-state index is 12.4. The van der Waals surface area contributed by atoms with E-state index in [1.807, 2.05) is 24.3 Å². The zero-order chi connectivity index (χ0) is 22.6. The Balaban J connectivity index is 1.57. The number of hydrogen-bond donors (Lipinski definition) is 2. The summed E-state index contributed by atoms with van der Waals surface area (Å²) in [7, 11) is -3.76. The number of nitrogens with one attached hydrogen (secondary N) is 1. The number of benzene rings is 3. The van der Waals surface area contributed by atoms with E-state index in [1.165, 1.54) is 29.8 Å². The molecule has 6 nitrogen and oxygen atoms in total. The Morgan fingerprint density at radius 2 is 1.48 bits per heavy atom. The lowest BCUT2D eigenvalue weighted by atomic mass is 9.87. The fourth-order valence-electron chi connectivity index (χ4n) is 2.90. The summed E-state index contributed by atoms with van der Waals surface area (Å²) in [5.41, 5.74) is 3.24. The largest absolute Gasteiger partial charge is 0.489 e. The van der Waals surface area contributed by atoms with Crippen LogP contribution < -0.4 is 15.2 Å². The first kappa shape index (κ1) is 22.5. The molecule has 0 saturated carbocycles. The number of amides is 1. The first-order valence-corrected chi connectivity index (χ1v) is 11.3. The van der Waals surface area contributed by atoms with Crippen LogP contribution in [0.25, 0.3) is 0 Å². The molecule has 0 aliphatic heterocycles. The first-order valence-electron chi connectivity index (χ1n) is 9.79. The van der Waals surface area contributed by atoms with E-state index in [-0.39, 0.29) is 16.2 Å². The van der Waals surface area contributed by atoms with Gasteiger partial charge in [-0.1, -0.05) is 45.0 Å². The van der Waals surface area contributed by atoms with Gasteiger partial charge in [0.05, 0.1) is 4.90 Å². The SMILES string of the molecule is CC(C)(C)c1ccc(OCc2ccc(C(=O)Nc3ccc(S(N)(=O)=O)cc3)cc2)cc1. The maximum absolute atomic E-state index is 12.4. The molecule has 0 unspecified atom stereocenters. The first-order chi connectivity index (χ1) is 14.5. The van der Waals surface area contributed by atoms with E-state index < -0.39 is 10.0 Å². The molecule has 3 rings (SSSR count). The molecule has 0 aromatic heterocycles. The summed E-state index contributed by atoms with van der Waals surface area (Å²) in [6.45, 7) is 6.90. The second kappa shape index (κ2) is 8.91. The van der Waals surface area contributed by atoms with Crippen molar-refractivity contribution >= 4 is 21.6 Å². The molecule has 7 heteroatoms. The molecule has 0 aliphatic rings. The van der Waals surface area contributed by atoms with Gasteiger partial charge in [-0.2, -0.15) is 0 Å². The van der Waals surface area contributed by atoms with Gasteiger partial charge in [-0.3, -0.25) is 4.79 Å². The predicted octanol–water partition coefficient (Wildman–Crippen LogP) is 4.46. The van der Waals surface area contributed by atoms with Gasteiger partial charge in [0, 0.05) is 11.3 Å². The Labute approximate surface area is 183 Å². The summed E-state index contributed by atoms with van der Waals surface area (Å²) in [6, 6.07) is 20.8. The molecule has 0 bridgehead atoms. The molecule has 0 radical (unpaired) electrons. The van der Waals surface area contributed by atoms with Crippen molar-refractivity contribution in [3.05, 3.63) is 89.5 Å². The lowest BCUT2D eigenvalue weighted by Gasteiger charge is -2.19. The minimum atomic E-state index is -3.76. The maximum Gasteiger partial charge on any atom is 0.255 e. The molecule has 3 N–H and O–H groups in total. The quantitative estimate of drug-likeness (QED) is 0.593. The average Bonchev–Trinajstić information content (AvgIpc) is 2.72. The van der Waals surface area contributed by atoms with Crippen LogP contribution in [0.3, 0.4) is 0 Å². The van der Waals surface area contributed by atoms with E-state index in [0.29, 0.717) is 17.9 Å². The van der Waals surface area contributed by atoms with Crippen molar-refractivity contribution in [3.8, 4) is 5.75 Å². The van der Waals surface area contributed by atoms with Crippen LogP contribution in [0.15, 0.2) is 77.7 Å². The van der Waals surface area contributed by atoms with Crippen LogP contribution in [0.4, 0.5) is 5.69 Å². The van der Waals surface area contributed by atoms with Gasteiger partial charge >= 0.3 is 0 Å². The molecule has 0 heterocycles. The highest BCUT2D eigenvalue weighted by Crippen LogP contribution is 2.24. The lowest BCUT2D eigenvalue weighted by Crippen LogP contribution is -2.14. The topological polar surface area (TPSA) is 98.5 Å². The number of ether oxygens (including phenoxy) is 1. The van der Waals surface area contributed by atoms with Crippen molar-refractivity contribution in [2.45, 2.75) is 37.7 Å². The number of sulfonamides is 1. The van der Waals surface area contributed by atoms with Crippen LogP contribution in [0, 0.1) is 0 Å². The number of anilines is 1. The van der Waals surface area contributed by atoms with E-state index in [0.717, 1.165) is 11.3 Å². The highest BCUT2D eigenvalue weighted by Gasteiger charge is 2.13. The van der Waals surface area contributed by atoms with Crippen LogP contribution >= 0.6 is 0 Å². The van der Waals surface area contributed by atoms with Gasteiger partial charge < -0.3 is 10.1 Å². The number of nitrogens with two attached hydrogens (primary N) is 1. The second-order valence-electron chi connectivity index (χ2n) is 8.28. The molecule has 3 aromatic carbocycles. The van der Waals surface area contributed by atoms with Gasteiger partial charge in [-0.05, 0) is 65.1 Å². The van der Waals surface area contributed by atoms with E-state index >= 15 is 0 Å². The highest BCUT2D eigenvalue weighted by atomic mass is 32.2. The van der Waals surface area contributed by atoms with Crippen LogP contribution in [-0.4, -0.2) is 14.3 Å². The van der Waals surface area contributed by atoms with Crippen LogP contribution in [0.2, 0.25) is 0 Å². The Hall–Kier alpha value is -3.16. The standard InChI is InChI=1S/C24H26N2O4S/c1-24(2,3)19-8-12-21(13-9-19)30-16-17-4-6-18(7-5-17)23(27)26-20-10-14-22(15-11-20)31(25,28)29/h4-15H,16H2,1-3H3,(H,26,27)(H2,25,28,29). The third kappa shape index (κ3) is 6.16. The third-order valence-corrected chi connectivity index (χ3v) is 5.71. The van der Waals surface area contributed by atoms with Crippen molar-refractivity contribution in [1.29, 1.82) is 0 Å². The van der Waals surface area contributed by atoms with Crippen molar-refractivity contribution < 1.29 is 17.9 Å². The molecule has 0 saturated heterocycles. The third-order valence-electron chi connectivity index (χ3n) is 4.78. The second-order valence-corrected chi connectivity index (χ2v) is 9.84. The predicted molar refractivity (Wildman–Crippen MR) is 122 cm³/mol. The Morgan fingerprint density at radius 3 is 2.00 bits per heavy atom. The molecule has 3 aromatic rings. The zero-order valence-corrected chi connectivity index (χ0v) is 18.6. The Morgan fingerprint density at radius 1 is 0.903 bits per heavy atom. The highest BCUT2D eigenvalue weighted by molar-refractivity contribution is 7.89. The van der Waals surface area contributed by atoms with Crippen LogP contribution in [0.1, 0.15) is 42.3 Å². The smallest absolute Gasteiger partial charge is 0.255 e. The molecule has 0 atom stereocenters. The summed E-state index contributed by atoms with van der Waals surface area (Å²) >= 11 is 0. The van der Waals surface area contributed by atoms with Crippen molar-refractivity contribution in [2.75, 3.05) is 5.32 Å². The van der Waals surface area contributed by atoms with Gasteiger partial charge in [0.25, 0.3) is 5.91 Å². The van der Waals surface area contributed by atoms with Crippen molar-refractivity contribution in [2.24, 2.45) is 5.14 Å². The van der Waals surface area contributed by atoms with E-state index in [4.69, 9.17) is 9.88 Å². The van der Waals surface area contributed by atoms with E-state index in [1.54, 1.807) is 12.1 Å². The van der Waals surface area contributed by atoms with Gasteiger partial charge in [-0.15, -0.1) is 0 Å². The van der Waals surface area contributed by atoms with E-state index in [9.17, 15) is 13.2 Å². The minimum absolute atomic E-state index is 0.0112. The molecule has 1 amide bonds. The summed E-state index contributed by atoms with van der Waals surface area (Å²) in [5, 5.41) is 7.80. The summed E-state index contributed by atoms with van der Waals surface area (Å²) in [6.07, 6.45) is 0. The molecule has 0 aliphatic carbocycles. The number of primary sulfonamides is 1. The summed E-state index contributed by atoms with van der Waals surface area (Å²) in [5.74, 6) is 0.492. The monoisotopic (exact) mass is 438 g/mol. The number of carbonyl (C=O) groups is 1. The molecular formula is C24H26N2O4S. The molecule has 0 fully saturated rings. The van der Waals surface area contributed by atoms with Gasteiger partial charge in [0.1, 0.15) is 12.4 Å². The summed E-state index contributed by atoms with van der Waals surface area (Å²) in [4.78, 5) is 12.4. The average molecular weight is 439 g/mol. The molecule has 31 heavy (non-hydrogen) atoms. The van der Waals surface area contributed by atoms with Gasteiger partial charge in [0.15, 0.2) is 0 Å². The number of carbonyl (C=O) groups excluding carboxylic acids is 1. The fraction of sp³-hybridized carbons (Fsp3) is 0.208. The Kier molecular flexibility index (Phi) is 6.48. The normalized spacial score (nSPS) is 11.7. The van der Waals surface area contributed by atoms with Gasteiger partial charge in [0.2, 0.25) is 10.0 Å². The number of hydrogen-bond acceptors (Lipinski definition) is 4. The van der Waals surface area contributed by atoms with E-state index in [2.05, 4.69) is 38.2 Å². The minimum Gasteiger partial charge on any atom is -0.489 e. The van der Waals surface area contributed by atoms with Crippen LogP contribution in [0.5, 0.6) is 5.75 Å². The molecule has 162 valence electrons. The number of rotatable bonds is 6. The Bertz CT molecular complexity index is 1150. The van der Waals surface area contributed by atoms with Crippen molar-refractivity contribution in [1.82, 2.24) is 0 Å². The fourth-order valence-corrected chi connectivity index (χ4v) is 3.42. The van der Waals surface area contributed by atoms with Gasteiger partial charge in [-0.25, -0.2) is 13.6 Å². The lowest BCUT2D eigenvalue weighted by molar-refractivity contribution is 0.102. The summed E-state index contributed by atoms with van der Waals surface area (Å²) < 4.78 is 28.4. The zero-order valence-electron chi connectivity index (χ0n) is 17.8. The molecule has 0 spiro atoms. The van der Waals surface area contributed by atoms with Crippen molar-refractivity contribution in [3.63, 3.8) is 0 Å². The van der Waals surface area contributed by atoms with Crippen LogP contribution in [-0.2, 0) is 22.0 Å². The molecular weight excluding hydrogens is 412 g/mol.